The molecule has 6 rings (SSSR count). The fourth-order valence-corrected chi connectivity index (χ4v) is 6.78. The van der Waals surface area contributed by atoms with Crippen LogP contribution in [-0.4, -0.2) is 32.1 Å². The summed E-state index contributed by atoms with van der Waals surface area (Å²) < 4.78 is 19.7. The van der Waals surface area contributed by atoms with Gasteiger partial charge in [-0.3, -0.25) is 14.5 Å². The van der Waals surface area contributed by atoms with Gasteiger partial charge in [0.2, 0.25) is 5.13 Å². The molecule has 8 nitrogen and oxygen atoms in total. The molecule has 1 atom stereocenters. The monoisotopic (exact) mass is 639 g/mol. The van der Waals surface area contributed by atoms with Crippen molar-refractivity contribution in [3.05, 3.63) is 136 Å². The average molecular weight is 640 g/mol. The second-order valence-electron chi connectivity index (χ2n) is 10.3. The Morgan fingerprint density at radius 1 is 0.956 bits per heavy atom. The summed E-state index contributed by atoms with van der Waals surface area (Å²) >= 11 is 2.47. The summed E-state index contributed by atoms with van der Waals surface area (Å²) in [6.07, 6.45) is 0. The largest absolute Gasteiger partial charge is 0.508 e. The van der Waals surface area contributed by atoms with Gasteiger partial charge >= 0.3 is 5.91 Å². The molecule has 4 aromatic carbocycles. The molecule has 1 unspecified atom stereocenters. The van der Waals surface area contributed by atoms with Crippen LogP contribution in [0.5, 0.6) is 11.5 Å². The van der Waals surface area contributed by atoms with Crippen LogP contribution in [0.1, 0.15) is 33.9 Å². The Balaban J connectivity index is 1.29. The van der Waals surface area contributed by atoms with Crippen molar-refractivity contribution in [1.29, 1.82) is 0 Å². The normalized spacial score (nSPS) is 15.9. The first-order chi connectivity index (χ1) is 21.8. The highest BCUT2D eigenvalue weighted by Crippen LogP contribution is 2.44. The second-order valence-corrected chi connectivity index (χ2v) is 12.5. The third-order valence-electron chi connectivity index (χ3n) is 7.12. The van der Waals surface area contributed by atoms with E-state index in [1.54, 1.807) is 48.5 Å². The summed E-state index contributed by atoms with van der Waals surface area (Å²) in [6.45, 7) is 2.37. The number of carbonyl (C=O) groups is 2. The van der Waals surface area contributed by atoms with Crippen LogP contribution < -0.4 is 9.64 Å². The Labute approximate surface area is 266 Å². The van der Waals surface area contributed by atoms with Crippen molar-refractivity contribution in [1.82, 2.24) is 10.2 Å². The Morgan fingerprint density at radius 3 is 2.44 bits per heavy atom. The van der Waals surface area contributed by atoms with Crippen molar-refractivity contribution in [2.75, 3.05) is 4.90 Å². The lowest BCUT2D eigenvalue weighted by molar-refractivity contribution is -0.132. The number of aryl methyl sites for hydroxylation is 1. The van der Waals surface area contributed by atoms with Gasteiger partial charge in [-0.1, -0.05) is 77.2 Å². The highest BCUT2D eigenvalue weighted by molar-refractivity contribution is 8.00. The minimum atomic E-state index is -1.07. The molecule has 1 amide bonds. The molecule has 0 aliphatic carbocycles. The molecule has 11 heteroatoms. The Bertz CT molecular complexity index is 1910. The molecular formula is C34H26FN3O5S2. The molecule has 1 saturated heterocycles. The second kappa shape index (κ2) is 12.9. The highest BCUT2D eigenvalue weighted by Gasteiger charge is 2.48. The van der Waals surface area contributed by atoms with Gasteiger partial charge in [0.1, 0.15) is 29.7 Å². The van der Waals surface area contributed by atoms with Gasteiger partial charge in [0, 0.05) is 11.3 Å². The fourth-order valence-electron chi connectivity index (χ4n) is 4.96. The van der Waals surface area contributed by atoms with E-state index in [2.05, 4.69) is 10.2 Å². The highest BCUT2D eigenvalue weighted by atomic mass is 32.2. The molecule has 1 aliphatic heterocycles. The van der Waals surface area contributed by atoms with E-state index < -0.39 is 17.7 Å². The summed E-state index contributed by atoms with van der Waals surface area (Å²) in [6, 6.07) is 25.7. The third kappa shape index (κ3) is 6.59. The zero-order valence-corrected chi connectivity index (χ0v) is 25.5. The fraction of sp³-hybridized carbons (Fsp3) is 0.118. The smallest absolute Gasteiger partial charge is 0.301 e. The van der Waals surface area contributed by atoms with E-state index >= 15 is 0 Å². The molecule has 2 heterocycles. The first-order valence-electron chi connectivity index (χ1n) is 13.9. The van der Waals surface area contributed by atoms with E-state index in [-0.39, 0.29) is 28.0 Å². The lowest BCUT2D eigenvalue weighted by Crippen LogP contribution is -2.29. The molecule has 0 saturated carbocycles. The third-order valence-corrected chi connectivity index (χ3v) is 9.25. The van der Waals surface area contributed by atoms with Gasteiger partial charge in [0.15, 0.2) is 4.34 Å². The number of aromatic nitrogens is 2. The van der Waals surface area contributed by atoms with Gasteiger partial charge in [0.05, 0.1) is 11.6 Å². The van der Waals surface area contributed by atoms with Gasteiger partial charge in [0.25, 0.3) is 5.78 Å². The number of ether oxygens (including phenoxy) is 1. The lowest BCUT2D eigenvalue weighted by atomic mass is 9.95. The molecule has 0 bridgehead atoms. The number of aliphatic hydroxyl groups excluding tert-OH is 1. The van der Waals surface area contributed by atoms with E-state index in [4.69, 9.17) is 4.74 Å². The van der Waals surface area contributed by atoms with E-state index in [0.717, 1.165) is 28.0 Å². The van der Waals surface area contributed by atoms with Crippen LogP contribution in [-0.2, 0) is 21.9 Å². The number of amides is 1. The lowest BCUT2D eigenvalue weighted by Gasteiger charge is -2.22. The number of thioether (sulfide) groups is 1. The minimum Gasteiger partial charge on any atom is -0.508 e. The van der Waals surface area contributed by atoms with Crippen LogP contribution in [0.4, 0.5) is 9.52 Å². The molecule has 0 spiro atoms. The summed E-state index contributed by atoms with van der Waals surface area (Å²) in [5, 5.41) is 30.2. The van der Waals surface area contributed by atoms with E-state index in [1.165, 1.54) is 40.9 Å². The number of anilines is 1. The Kier molecular flexibility index (Phi) is 8.63. The molecule has 1 fully saturated rings. The molecule has 1 aromatic heterocycles. The quantitative estimate of drug-likeness (QED) is 0.0573. The zero-order chi connectivity index (χ0) is 31.5. The number of hydrogen-bond donors (Lipinski definition) is 2. The zero-order valence-electron chi connectivity index (χ0n) is 23.9. The van der Waals surface area contributed by atoms with E-state index in [1.807, 2.05) is 31.2 Å². The standard InChI is InChI=1S/C34H26FN3O5S2/c1-20-4-2-5-22(16-20)18-43-27-14-10-23(11-15-27)30(40)28-29(24-6-3-7-26(39)17-24)38(32(42)31(28)41)33-36-37-34(45-33)44-19-21-8-12-25(35)13-9-21/h2-17,29,39-40H,18-19H2,1H3/b30-28+. The first kappa shape index (κ1) is 30.0. The van der Waals surface area contributed by atoms with Crippen molar-refractivity contribution >= 4 is 45.7 Å². The molecule has 0 radical (unpaired) electrons. The van der Waals surface area contributed by atoms with Crippen molar-refractivity contribution in [2.45, 2.75) is 29.7 Å². The van der Waals surface area contributed by atoms with Crippen LogP contribution in [0.2, 0.25) is 0 Å². The van der Waals surface area contributed by atoms with Crippen LogP contribution in [0.3, 0.4) is 0 Å². The number of benzene rings is 4. The number of phenolic OH excluding ortho intramolecular Hbond substituents is 1. The first-order valence-corrected chi connectivity index (χ1v) is 15.7. The predicted octanol–water partition coefficient (Wildman–Crippen LogP) is 7.19. The van der Waals surface area contributed by atoms with Crippen molar-refractivity contribution in [3.63, 3.8) is 0 Å². The Morgan fingerprint density at radius 2 is 1.71 bits per heavy atom. The number of rotatable bonds is 9. The number of aromatic hydroxyl groups is 1. The number of ketones is 1. The maximum Gasteiger partial charge on any atom is 0.301 e. The van der Waals surface area contributed by atoms with Crippen LogP contribution in [0, 0.1) is 12.7 Å². The van der Waals surface area contributed by atoms with Crippen molar-refractivity contribution in [2.24, 2.45) is 0 Å². The summed E-state index contributed by atoms with van der Waals surface area (Å²) in [5.74, 6) is -1.48. The Hall–Kier alpha value is -5.00. The SMILES string of the molecule is Cc1cccc(COc2ccc(/C(O)=C3\C(=O)C(=O)N(c4nnc(SCc5ccc(F)cc5)s4)C3c3cccc(O)c3)cc2)c1. The summed E-state index contributed by atoms with van der Waals surface area (Å²) in [5.41, 5.74) is 3.60. The number of aliphatic hydroxyl groups is 1. The van der Waals surface area contributed by atoms with Gasteiger partial charge in [-0.25, -0.2) is 4.39 Å². The van der Waals surface area contributed by atoms with Gasteiger partial charge in [-0.05, 0) is 72.1 Å². The van der Waals surface area contributed by atoms with Crippen LogP contribution >= 0.6 is 23.1 Å². The number of phenols is 1. The van der Waals surface area contributed by atoms with Crippen molar-refractivity contribution in [3.8, 4) is 11.5 Å². The number of nitrogens with zero attached hydrogens (tertiary/aromatic N) is 3. The minimum absolute atomic E-state index is 0.0685. The summed E-state index contributed by atoms with van der Waals surface area (Å²) in [4.78, 5) is 28.2. The molecule has 226 valence electrons. The molecule has 2 N–H and O–H groups in total. The predicted molar refractivity (Wildman–Crippen MR) is 171 cm³/mol. The van der Waals surface area contributed by atoms with Crippen LogP contribution in [0.25, 0.3) is 5.76 Å². The maximum absolute atomic E-state index is 13.5. The van der Waals surface area contributed by atoms with Crippen molar-refractivity contribution < 1.29 is 28.9 Å². The van der Waals surface area contributed by atoms with E-state index in [9.17, 15) is 24.2 Å². The molecule has 45 heavy (non-hydrogen) atoms. The topological polar surface area (TPSA) is 113 Å². The van der Waals surface area contributed by atoms with Gasteiger partial charge in [-0.15, -0.1) is 10.2 Å². The van der Waals surface area contributed by atoms with E-state index in [0.29, 0.717) is 33.6 Å². The van der Waals surface area contributed by atoms with Gasteiger partial charge in [-0.2, -0.15) is 0 Å². The number of halogens is 1. The van der Waals surface area contributed by atoms with Gasteiger partial charge < -0.3 is 14.9 Å². The maximum atomic E-state index is 13.5. The van der Waals surface area contributed by atoms with Crippen LogP contribution in [0.15, 0.2) is 107 Å². The number of Topliss-reactive ketones (excluding diaryl/α,β-unsaturated/α-hetero) is 1. The molecular weight excluding hydrogens is 614 g/mol. The number of carbonyl (C=O) groups excluding carboxylic acids is 2. The average Bonchev–Trinajstić information content (AvgIpc) is 3.61. The molecule has 5 aromatic rings. The molecule has 1 aliphatic rings. The summed E-state index contributed by atoms with van der Waals surface area (Å²) in [7, 11) is 0. The number of hydrogen-bond acceptors (Lipinski definition) is 9.